The highest BCUT2D eigenvalue weighted by atomic mass is 15.1. The zero-order valence-electron chi connectivity index (χ0n) is 32.6. The maximum absolute atomic E-state index is 2.58. The van der Waals surface area contributed by atoms with Crippen molar-refractivity contribution in [3.63, 3.8) is 0 Å². The minimum atomic E-state index is 0.00948. The molecule has 2 heteroatoms. The van der Waals surface area contributed by atoms with Crippen molar-refractivity contribution in [2.45, 2.75) is 206 Å². The van der Waals surface area contributed by atoms with Crippen molar-refractivity contribution < 1.29 is 4.57 Å². The molecule has 0 radical (unpaired) electrons. The molecule has 0 spiro atoms. The molecule has 0 N–H and O–H groups in total. The second kappa shape index (κ2) is 26.5. The van der Waals surface area contributed by atoms with E-state index in [4.69, 9.17) is 0 Å². The number of hydrogen-bond donors (Lipinski definition) is 0. The molecule has 0 aliphatic rings. The van der Waals surface area contributed by atoms with Gasteiger partial charge in [-0.3, -0.25) is 0 Å². The van der Waals surface area contributed by atoms with Crippen LogP contribution in [0.4, 0.5) is 0 Å². The van der Waals surface area contributed by atoms with Crippen LogP contribution in [0.5, 0.6) is 0 Å². The minimum absolute atomic E-state index is 0.00948. The number of benzene rings is 2. The van der Waals surface area contributed by atoms with E-state index >= 15 is 0 Å². The van der Waals surface area contributed by atoms with Gasteiger partial charge in [-0.25, -0.2) is 9.13 Å². The van der Waals surface area contributed by atoms with Gasteiger partial charge < -0.3 is 0 Å². The maximum atomic E-state index is 2.58. The zero-order chi connectivity index (χ0) is 34.7. The molecule has 3 aromatic rings. The number of imidazole rings is 1. The maximum Gasteiger partial charge on any atom is 0.244 e. The molecule has 0 amide bonds. The summed E-state index contributed by atoms with van der Waals surface area (Å²) in [6.07, 6.45) is 43.2. The van der Waals surface area contributed by atoms with Crippen LogP contribution < -0.4 is 4.57 Å². The molecule has 0 saturated carbocycles. The quantitative estimate of drug-likeness (QED) is 0.0476. The molecule has 0 aliphatic heterocycles. The van der Waals surface area contributed by atoms with Crippen molar-refractivity contribution >= 4 is 0 Å². The average molecular weight is 670 g/mol. The third kappa shape index (κ3) is 16.9. The molecule has 1 heterocycles. The predicted molar refractivity (Wildman–Crippen MR) is 214 cm³/mol. The van der Waals surface area contributed by atoms with Gasteiger partial charge in [0.2, 0.25) is 6.33 Å². The summed E-state index contributed by atoms with van der Waals surface area (Å²) in [6, 6.07) is 23.0. The van der Waals surface area contributed by atoms with Gasteiger partial charge in [-0.15, -0.1) is 0 Å². The first kappa shape index (κ1) is 41.1. The van der Waals surface area contributed by atoms with E-state index in [0.717, 1.165) is 13.0 Å². The number of rotatable bonds is 31. The first-order valence-corrected chi connectivity index (χ1v) is 21.3. The van der Waals surface area contributed by atoms with Crippen LogP contribution in [-0.2, 0) is 18.4 Å². The molecule has 0 aliphatic carbocycles. The Morgan fingerprint density at radius 1 is 0.531 bits per heavy atom. The van der Waals surface area contributed by atoms with Gasteiger partial charge in [-0.2, -0.15) is 0 Å². The SMILES string of the molecule is CCCCCCCCCCCCCCCCCCC[n+]1ccn(C(CCCCCCCCC)C(C)(Cc2ccccc2)c2ccccc2)c1. The third-order valence-corrected chi connectivity index (χ3v) is 11.3. The van der Waals surface area contributed by atoms with Crippen LogP contribution in [0, 0.1) is 0 Å². The van der Waals surface area contributed by atoms with Crippen LogP contribution in [0.2, 0.25) is 0 Å². The van der Waals surface area contributed by atoms with E-state index in [1.807, 2.05) is 0 Å². The molecule has 0 fully saturated rings. The topological polar surface area (TPSA) is 8.81 Å². The molecular weight excluding hydrogens is 593 g/mol. The Labute approximate surface area is 304 Å². The van der Waals surface area contributed by atoms with Gasteiger partial charge in [-0.1, -0.05) is 216 Å². The van der Waals surface area contributed by atoms with Crippen LogP contribution in [0.25, 0.3) is 0 Å². The van der Waals surface area contributed by atoms with Gasteiger partial charge in [0, 0.05) is 5.41 Å². The largest absolute Gasteiger partial charge is 0.244 e. The number of aromatic nitrogens is 2. The molecule has 2 nitrogen and oxygen atoms in total. The molecule has 274 valence electrons. The normalized spacial score (nSPS) is 13.4. The summed E-state index contributed by atoms with van der Waals surface area (Å²) in [5.41, 5.74) is 2.90. The van der Waals surface area contributed by atoms with E-state index in [2.05, 4.69) is 109 Å². The first-order chi connectivity index (χ1) is 24.2. The van der Waals surface area contributed by atoms with Crippen LogP contribution >= 0.6 is 0 Å². The summed E-state index contributed by atoms with van der Waals surface area (Å²) in [7, 11) is 0. The minimum Gasteiger partial charge on any atom is -0.237 e. The molecule has 2 unspecified atom stereocenters. The van der Waals surface area contributed by atoms with Crippen molar-refractivity contribution in [2.24, 2.45) is 0 Å². The molecule has 3 rings (SSSR count). The fourth-order valence-electron chi connectivity index (χ4n) is 8.09. The fraction of sp³-hybridized carbons (Fsp3) is 0.681. The van der Waals surface area contributed by atoms with E-state index in [1.54, 1.807) is 0 Å². The summed E-state index contributed by atoms with van der Waals surface area (Å²) in [5, 5.41) is 0. The highest BCUT2D eigenvalue weighted by molar-refractivity contribution is 5.30. The number of nitrogens with zero attached hydrogens (tertiary/aromatic N) is 2. The Hall–Kier alpha value is -2.35. The lowest BCUT2D eigenvalue weighted by atomic mass is 9.70. The Bertz CT molecular complexity index is 1150. The number of aryl methyl sites for hydroxylation is 1. The summed E-state index contributed by atoms with van der Waals surface area (Å²) in [5.74, 6) is 0. The van der Waals surface area contributed by atoms with Crippen molar-refractivity contribution in [3.05, 3.63) is 90.5 Å². The van der Waals surface area contributed by atoms with E-state index < -0.39 is 0 Å². The Morgan fingerprint density at radius 2 is 0.959 bits per heavy atom. The summed E-state index contributed by atoms with van der Waals surface area (Å²) in [4.78, 5) is 0. The van der Waals surface area contributed by atoms with Crippen LogP contribution in [-0.4, -0.2) is 4.57 Å². The van der Waals surface area contributed by atoms with E-state index in [0.29, 0.717) is 6.04 Å². The second-order valence-corrected chi connectivity index (χ2v) is 15.6. The van der Waals surface area contributed by atoms with Crippen molar-refractivity contribution in [1.29, 1.82) is 0 Å². The van der Waals surface area contributed by atoms with E-state index in [1.165, 1.54) is 172 Å². The van der Waals surface area contributed by atoms with Crippen molar-refractivity contribution in [3.8, 4) is 0 Å². The van der Waals surface area contributed by atoms with Gasteiger partial charge in [0.15, 0.2) is 0 Å². The van der Waals surface area contributed by atoms with Gasteiger partial charge in [0.1, 0.15) is 18.4 Å². The summed E-state index contributed by atoms with van der Waals surface area (Å²) >= 11 is 0. The average Bonchev–Trinajstić information content (AvgIpc) is 3.59. The lowest BCUT2D eigenvalue weighted by molar-refractivity contribution is -0.697. The Balaban J connectivity index is 1.44. The zero-order valence-corrected chi connectivity index (χ0v) is 32.6. The highest BCUT2D eigenvalue weighted by Crippen LogP contribution is 2.41. The third-order valence-electron chi connectivity index (χ3n) is 11.3. The molecule has 0 bridgehead atoms. The summed E-state index contributed by atoms with van der Waals surface area (Å²) in [6.45, 7) is 8.28. The Kier molecular flexibility index (Phi) is 22.2. The summed E-state index contributed by atoms with van der Waals surface area (Å²) < 4.78 is 5.05. The predicted octanol–water partition coefficient (Wildman–Crippen LogP) is 14.3. The van der Waals surface area contributed by atoms with Crippen LogP contribution in [0.1, 0.15) is 198 Å². The fourth-order valence-corrected chi connectivity index (χ4v) is 8.09. The number of unbranched alkanes of at least 4 members (excludes halogenated alkanes) is 22. The van der Waals surface area contributed by atoms with Gasteiger partial charge >= 0.3 is 0 Å². The lowest BCUT2D eigenvalue weighted by Crippen LogP contribution is -2.38. The standard InChI is InChI=1S/C47H77N2/c1-4-6-8-10-12-13-14-15-16-17-18-19-20-21-23-25-33-39-48-40-41-49(43-48)46(38-32-24-22-11-9-7-5-2)47(3,45-36-30-27-31-37-45)42-44-34-28-26-29-35-44/h26-31,34-37,40-41,43,46H,4-25,32-33,38-39,42H2,1-3H3/q+1. The number of hydrogen-bond acceptors (Lipinski definition) is 0. The van der Waals surface area contributed by atoms with Gasteiger partial charge in [0.05, 0.1) is 6.54 Å². The van der Waals surface area contributed by atoms with E-state index in [-0.39, 0.29) is 5.41 Å². The van der Waals surface area contributed by atoms with Crippen molar-refractivity contribution in [1.82, 2.24) is 4.57 Å². The Morgan fingerprint density at radius 3 is 1.45 bits per heavy atom. The van der Waals surface area contributed by atoms with Gasteiger partial charge in [0.25, 0.3) is 0 Å². The molecule has 2 aromatic carbocycles. The smallest absolute Gasteiger partial charge is 0.237 e. The molecular formula is C47H77N2+. The first-order valence-electron chi connectivity index (χ1n) is 21.3. The van der Waals surface area contributed by atoms with E-state index in [9.17, 15) is 0 Å². The molecule has 49 heavy (non-hydrogen) atoms. The highest BCUT2D eigenvalue weighted by Gasteiger charge is 2.40. The van der Waals surface area contributed by atoms with Crippen molar-refractivity contribution in [2.75, 3.05) is 0 Å². The van der Waals surface area contributed by atoms with Gasteiger partial charge in [-0.05, 0) is 43.2 Å². The monoisotopic (exact) mass is 670 g/mol. The van der Waals surface area contributed by atoms with Crippen LogP contribution in [0.3, 0.4) is 0 Å². The molecule has 0 saturated heterocycles. The van der Waals surface area contributed by atoms with Crippen LogP contribution in [0.15, 0.2) is 79.4 Å². The molecule has 1 aromatic heterocycles. The second-order valence-electron chi connectivity index (χ2n) is 15.6. The lowest BCUT2D eigenvalue weighted by Gasteiger charge is -2.37. The molecule has 2 atom stereocenters.